The Morgan fingerprint density at radius 3 is 1.15 bits per heavy atom. The van der Waals surface area contributed by atoms with Gasteiger partial charge in [0.25, 0.3) is 0 Å². The van der Waals surface area contributed by atoms with Crippen LogP contribution in [0.5, 0.6) is 0 Å². The van der Waals surface area contributed by atoms with Crippen LogP contribution in [-0.2, 0) is 61.8 Å². The molecule has 0 bridgehead atoms. The average Bonchev–Trinajstić information content (AvgIpc) is 0.763. The van der Waals surface area contributed by atoms with Crippen LogP contribution < -0.4 is 16.0 Å². The Morgan fingerprint density at radius 2 is 0.701 bits per heavy atom. The third-order valence-electron chi connectivity index (χ3n) is 21.1. The van der Waals surface area contributed by atoms with Crippen molar-refractivity contribution in [3.63, 3.8) is 0 Å². The summed E-state index contributed by atoms with van der Waals surface area (Å²) in [5, 5.41) is 174. The van der Waals surface area contributed by atoms with Crippen molar-refractivity contribution in [2.45, 2.75) is 412 Å². The summed E-state index contributed by atoms with van der Waals surface area (Å²) in [5.41, 5.74) is 0. The van der Waals surface area contributed by atoms with E-state index in [9.17, 15) is 91.0 Å². The first-order valence-electron chi connectivity index (χ1n) is 40.5. The van der Waals surface area contributed by atoms with Crippen LogP contribution >= 0.6 is 0 Å². The van der Waals surface area contributed by atoms with Crippen LogP contribution in [0.4, 0.5) is 0 Å². The number of unbranched alkanes of at least 4 members (excludes halogenated alkanes) is 31. The van der Waals surface area contributed by atoms with Crippen LogP contribution in [0.3, 0.4) is 0 Å². The number of aliphatic hydroxyl groups excluding tert-OH is 15. The summed E-state index contributed by atoms with van der Waals surface area (Å²) in [7, 11) is 0. The molecule has 107 heavy (non-hydrogen) atoms. The summed E-state index contributed by atoms with van der Waals surface area (Å²) < 4.78 is 60.3. The zero-order valence-electron chi connectivity index (χ0n) is 64.0. The fourth-order valence-corrected chi connectivity index (χ4v) is 14.7. The Balaban J connectivity index is 1.27. The Labute approximate surface area is 633 Å². The number of amides is 3. The molecular formula is C76H139N3O28. The smallest absolute Gasteiger partial charge is 0.220 e. The van der Waals surface area contributed by atoms with Crippen LogP contribution in [0.1, 0.15) is 246 Å². The Morgan fingerprint density at radius 1 is 0.364 bits per heavy atom. The predicted octanol–water partition coefficient (Wildman–Crippen LogP) is 2.09. The molecule has 5 heterocycles. The van der Waals surface area contributed by atoms with Crippen molar-refractivity contribution in [3.8, 4) is 0 Å². The highest BCUT2D eigenvalue weighted by Crippen LogP contribution is 2.38. The maximum absolute atomic E-state index is 13.6. The Hall–Kier alpha value is -2.85. The maximum atomic E-state index is 13.6. The summed E-state index contributed by atoms with van der Waals surface area (Å²) >= 11 is 0. The third kappa shape index (κ3) is 31.8. The molecule has 626 valence electrons. The minimum absolute atomic E-state index is 0.171. The van der Waals surface area contributed by atoms with E-state index in [0.717, 1.165) is 65.2 Å². The van der Waals surface area contributed by atoms with Crippen molar-refractivity contribution in [1.29, 1.82) is 0 Å². The van der Waals surface area contributed by atoms with Crippen molar-refractivity contribution in [2.75, 3.05) is 39.6 Å². The highest BCUT2D eigenvalue weighted by molar-refractivity contribution is 5.76. The van der Waals surface area contributed by atoms with Gasteiger partial charge in [-0.15, -0.1) is 0 Å². The van der Waals surface area contributed by atoms with Gasteiger partial charge in [0.15, 0.2) is 31.5 Å². The molecule has 0 aromatic rings. The highest BCUT2D eigenvalue weighted by atomic mass is 16.8. The number of rotatable bonds is 55. The van der Waals surface area contributed by atoms with E-state index in [2.05, 4.69) is 29.8 Å². The van der Waals surface area contributed by atoms with Gasteiger partial charge >= 0.3 is 0 Å². The van der Waals surface area contributed by atoms with Gasteiger partial charge in [-0.1, -0.05) is 219 Å². The second-order valence-corrected chi connectivity index (χ2v) is 30.0. The van der Waals surface area contributed by atoms with Crippen LogP contribution in [0.15, 0.2) is 12.2 Å². The summed E-state index contributed by atoms with van der Waals surface area (Å²) in [6.07, 6.45) is -2.01. The van der Waals surface area contributed by atoms with Crippen molar-refractivity contribution in [1.82, 2.24) is 16.0 Å². The third-order valence-corrected chi connectivity index (χ3v) is 21.1. The van der Waals surface area contributed by atoms with Gasteiger partial charge in [0, 0.05) is 20.3 Å². The van der Waals surface area contributed by atoms with E-state index in [0.29, 0.717) is 12.8 Å². The van der Waals surface area contributed by atoms with Gasteiger partial charge in [0.1, 0.15) is 122 Å². The lowest BCUT2D eigenvalue weighted by Crippen LogP contribution is -2.71. The average molecular weight is 1540 g/mol. The van der Waals surface area contributed by atoms with Crippen molar-refractivity contribution in [3.05, 3.63) is 12.2 Å². The van der Waals surface area contributed by atoms with Crippen LogP contribution in [0.25, 0.3) is 0 Å². The van der Waals surface area contributed by atoms with E-state index in [-0.39, 0.29) is 12.3 Å². The molecule has 5 fully saturated rings. The van der Waals surface area contributed by atoms with E-state index < -0.39 is 217 Å². The summed E-state index contributed by atoms with van der Waals surface area (Å²) in [5.74, 6) is -1.97. The lowest BCUT2D eigenvalue weighted by atomic mass is 9.93. The van der Waals surface area contributed by atoms with Gasteiger partial charge in [-0.2, -0.15) is 0 Å². The van der Waals surface area contributed by atoms with E-state index in [1.54, 1.807) is 6.08 Å². The molecule has 5 aliphatic heterocycles. The standard InChI is InChI=1S/C76H139N3O28/c1-5-7-9-11-13-15-17-19-20-21-22-23-24-25-26-28-30-32-34-36-38-40-56(88)79-49(50(87)39-37-35-33-31-29-27-18-16-14-12-10-8-6-2)46-98-74-66(96)64(94)69(54(44-83)102-74)105-76-67(97)71(70(55(45-84)103-76)106-72-57(77-47(3)85)61(91)59(89)51(41-80)99-72)107-73-58(78-48(4)86)62(92)68(53(43-82)101-73)104-75-65(95)63(93)60(90)52(42-81)100-75/h37,39,49-55,57-76,80-84,87,89-97H,5-36,38,40-46H2,1-4H3,(H,77,85)(H,78,86)(H,79,88)/b39-37+/t49-,50+,51?,52?,53?,54?,55?,57?,58?,59-,60-,61+,62+,63-,64+,65?,66?,67?,68+,69+,70-,71+,72-,73-,74+,75-,76-/m0/s1. The minimum atomic E-state index is -2.29. The van der Waals surface area contributed by atoms with Gasteiger partial charge in [-0.05, 0) is 19.3 Å². The monoisotopic (exact) mass is 1540 g/mol. The number of hydrogen-bond acceptors (Lipinski definition) is 28. The molecule has 5 rings (SSSR count). The van der Waals surface area contributed by atoms with E-state index in [1.165, 1.54) is 148 Å². The van der Waals surface area contributed by atoms with Gasteiger partial charge in [-0.25, -0.2) is 0 Å². The number of carbonyl (C=O) groups excluding carboxylic acids is 3. The molecule has 0 saturated carbocycles. The van der Waals surface area contributed by atoms with E-state index >= 15 is 0 Å². The maximum Gasteiger partial charge on any atom is 0.220 e. The topological polar surface area (TPSA) is 483 Å². The molecule has 0 spiro atoms. The molecule has 0 aliphatic carbocycles. The van der Waals surface area contributed by atoms with Gasteiger partial charge in [0.05, 0.1) is 51.8 Å². The van der Waals surface area contributed by atoms with Crippen LogP contribution in [-0.4, -0.2) is 300 Å². The molecule has 3 amide bonds. The number of ether oxygens (including phenoxy) is 10. The normalized spacial score (nSPS) is 34.0. The first-order chi connectivity index (χ1) is 51.6. The van der Waals surface area contributed by atoms with Gasteiger partial charge in [-0.3, -0.25) is 14.4 Å². The quantitative estimate of drug-likeness (QED) is 0.0306. The first kappa shape index (κ1) is 94.7. The summed E-state index contributed by atoms with van der Waals surface area (Å²) in [6, 6.07) is -4.56. The van der Waals surface area contributed by atoms with Crippen molar-refractivity contribution >= 4 is 17.7 Å². The second kappa shape index (κ2) is 53.3. The highest BCUT2D eigenvalue weighted by Gasteiger charge is 2.58. The SMILES string of the molecule is CCCCCCCCCCCCC/C=C/[C@@H](O)[C@H](CO[C@@H]1OC(CO)[C@@H](O[C@@H]2OC(CO)[C@H](O[C@@H]3OC(CO)[C@H](O)[C@H](O)C3NC(C)=O)[C@H](O[C@@H]3OC(CO)[C@@H](O[C@@H]4OC(CO)[C@H](O)[C@H](O)C4O)[C@H](O)C3NC(C)=O)C2O)[C@H](O)C1O)NC(=O)CCCCCCCCCCCCCCCCCCCCCCC. The molecule has 0 aromatic carbocycles. The fraction of sp³-hybridized carbons (Fsp3) is 0.934. The minimum Gasteiger partial charge on any atom is -0.394 e. The molecule has 31 heteroatoms. The van der Waals surface area contributed by atoms with Crippen LogP contribution in [0.2, 0.25) is 0 Å². The van der Waals surface area contributed by atoms with Crippen LogP contribution in [0, 0.1) is 0 Å². The molecule has 5 aliphatic rings. The Kier molecular flexibility index (Phi) is 47.2. The lowest BCUT2D eigenvalue weighted by molar-refractivity contribution is -0.395. The van der Waals surface area contributed by atoms with Crippen molar-refractivity contribution < 1.29 is 138 Å². The number of nitrogens with one attached hydrogen (secondary N) is 3. The summed E-state index contributed by atoms with van der Waals surface area (Å²) in [4.78, 5) is 39.1. The molecule has 0 aromatic heterocycles. The number of aliphatic hydroxyl groups is 15. The zero-order chi connectivity index (χ0) is 78.2. The molecule has 18 N–H and O–H groups in total. The molecule has 27 atom stereocenters. The predicted molar refractivity (Wildman–Crippen MR) is 389 cm³/mol. The fourth-order valence-electron chi connectivity index (χ4n) is 14.7. The van der Waals surface area contributed by atoms with Gasteiger partial charge in [0.2, 0.25) is 17.7 Å². The molecule has 0 radical (unpaired) electrons. The lowest BCUT2D eigenvalue weighted by Gasteiger charge is -2.51. The second-order valence-electron chi connectivity index (χ2n) is 30.0. The number of allylic oxidation sites excluding steroid dienone is 1. The van der Waals surface area contributed by atoms with Gasteiger partial charge < -0.3 is 140 Å². The van der Waals surface area contributed by atoms with Crippen molar-refractivity contribution in [2.24, 2.45) is 0 Å². The summed E-state index contributed by atoms with van der Waals surface area (Å²) in [6.45, 7) is 1.23. The molecular weight excluding hydrogens is 1400 g/mol. The Bertz CT molecular complexity index is 2380. The molecule has 10 unspecified atom stereocenters. The molecule has 5 saturated heterocycles. The first-order valence-corrected chi connectivity index (χ1v) is 40.5. The zero-order valence-corrected chi connectivity index (χ0v) is 64.0. The number of carbonyl (C=O) groups is 3. The number of hydrogen-bond donors (Lipinski definition) is 18. The molecule has 31 nitrogen and oxygen atoms in total. The van der Waals surface area contributed by atoms with E-state index in [4.69, 9.17) is 47.4 Å². The largest absolute Gasteiger partial charge is 0.394 e. The van der Waals surface area contributed by atoms with E-state index in [1.807, 2.05) is 6.08 Å².